The molecule has 12 heavy (non-hydrogen) atoms. The predicted molar refractivity (Wildman–Crippen MR) is 49.0 cm³/mol. The summed E-state index contributed by atoms with van der Waals surface area (Å²) < 4.78 is 4.26. The molecular formula is C9H19NO2. The Kier molecular flexibility index (Phi) is 8.12. The van der Waals surface area contributed by atoms with Crippen LogP contribution >= 0.6 is 0 Å². The fourth-order valence-electron chi connectivity index (χ4n) is 0.946. The third-order valence-electron chi connectivity index (χ3n) is 1.72. The maximum atomic E-state index is 9.96. The van der Waals surface area contributed by atoms with E-state index in [1.807, 2.05) is 0 Å². The molecule has 0 amide bonds. The van der Waals surface area contributed by atoms with Crippen LogP contribution in [0.4, 0.5) is 0 Å². The molecule has 0 spiro atoms. The lowest BCUT2D eigenvalue weighted by Gasteiger charge is -2.08. The molecule has 1 aliphatic rings. The normalized spacial score (nSPS) is 15.8. The van der Waals surface area contributed by atoms with Crippen molar-refractivity contribution in [2.24, 2.45) is 0 Å². The van der Waals surface area contributed by atoms with Gasteiger partial charge in [-0.2, -0.15) is 0 Å². The zero-order valence-electron chi connectivity index (χ0n) is 8.06. The molecule has 3 heteroatoms. The van der Waals surface area contributed by atoms with Crippen LogP contribution in [0.25, 0.3) is 0 Å². The largest absolute Gasteiger partial charge is 0.469 e. The summed E-state index contributed by atoms with van der Waals surface area (Å²) in [4.78, 5) is 9.96. The SMILES string of the molecule is C1CCNCC1.CCC(=O)OC. The Bertz CT molecular complexity index is 93.6. The molecule has 1 fully saturated rings. The van der Waals surface area contributed by atoms with Crippen molar-refractivity contribution in [1.29, 1.82) is 0 Å². The number of methoxy groups -OCH3 is 1. The van der Waals surface area contributed by atoms with Gasteiger partial charge in [-0.3, -0.25) is 4.79 Å². The Morgan fingerprint density at radius 3 is 2.00 bits per heavy atom. The van der Waals surface area contributed by atoms with Gasteiger partial charge in [0.25, 0.3) is 0 Å². The molecule has 0 atom stereocenters. The van der Waals surface area contributed by atoms with Crippen LogP contribution in [0.15, 0.2) is 0 Å². The molecule has 0 saturated carbocycles. The van der Waals surface area contributed by atoms with E-state index in [2.05, 4.69) is 10.1 Å². The highest BCUT2D eigenvalue weighted by Crippen LogP contribution is 1.96. The maximum absolute atomic E-state index is 9.96. The molecule has 1 rings (SSSR count). The molecule has 1 aliphatic heterocycles. The monoisotopic (exact) mass is 173 g/mol. The van der Waals surface area contributed by atoms with Crippen molar-refractivity contribution in [3.8, 4) is 0 Å². The Morgan fingerprint density at radius 1 is 1.33 bits per heavy atom. The highest BCUT2D eigenvalue weighted by atomic mass is 16.5. The Morgan fingerprint density at radius 2 is 1.92 bits per heavy atom. The lowest BCUT2D eigenvalue weighted by molar-refractivity contribution is -0.140. The quantitative estimate of drug-likeness (QED) is 0.608. The second-order valence-electron chi connectivity index (χ2n) is 2.74. The van der Waals surface area contributed by atoms with E-state index in [0.29, 0.717) is 6.42 Å². The number of hydrogen-bond donors (Lipinski definition) is 1. The summed E-state index contributed by atoms with van der Waals surface area (Å²) in [5.74, 6) is -0.157. The summed E-state index contributed by atoms with van der Waals surface area (Å²) in [6.45, 7) is 4.26. The molecule has 0 unspecified atom stereocenters. The van der Waals surface area contributed by atoms with Crippen LogP contribution in [0.2, 0.25) is 0 Å². The average molecular weight is 173 g/mol. The van der Waals surface area contributed by atoms with Crippen molar-refractivity contribution in [1.82, 2.24) is 5.32 Å². The summed E-state index contributed by atoms with van der Waals surface area (Å²) in [6.07, 6.45) is 4.68. The van der Waals surface area contributed by atoms with Gasteiger partial charge >= 0.3 is 5.97 Å². The minimum atomic E-state index is -0.157. The molecule has 1 N–H and O–H groups in total. The molecule has 1 saturated heterocycles. The lowest BCUT2D eigenvalue weighted by atomic mass is 10.2. The lowest BCUT2D eigenvalue weighted by Crippen LogP contribution is -2.21. The second-order valence-corrected chi connectivity index (χ2v) is 2.74. The standard InChI is InChI=1S/C5H11N.C4H8O2/c1-2-4-6-5-3-1;1-3-4(5)6-2/h6H,1-5H2;3H2,1-2H3. The van der Waals surface area contributed by atoms with Gasteiger partial charge in [-0.05, 0) is 25.9 Å². The number of nitrogens with one attached hydrogen (secondary N) is 1. The van der Waals surface area contributed by atoms with E-state index in [4.69, 9.17) is 0 Å². The van der Waals surface area contributed by atoms with E-state index >= 15 is 0 Å². The van der Waals surface area contributed by atoms with Crippen LogP contribution < -0.4 is 5.32 Å². The van der Waals surface area contributed by atoms with Gasteiger partial charge in [-0.1, -0.05) is 13.3 Å². The number of hydrogen-bond acceptors (Lipinski definition) is 3. The number of rotatable bonds is 1. The van der Waals surface area contributed by atoms with E-state index in [-0.39, 0.29) is 5.97 Å². The van der Waals surface area contributed by atoms with Gasteiger partial charge in [0.2, 0.25) is 0 Å². The topological polar surface area (TPSA) is 38.3 Å². The molecular weight excluding hydrogens is 154 g/mol. The average Bonchev–Trinajstić information content (AvgIpc) is 2.20. The van der Waals surface area contributed by atoms with Crippen LogP contribution in [0.1, 0.15) is 32.6 Å². The first-order valence-electron chi connectivity index (χ1n) is 4.58. The fraction of sp³-hybridized carbons (Fsp3) is 0.889. The smallest absolute Gasteiger partial charge is 0.305 e. The van der Waals surface area contributed by atoms with Crippen molar-refractivity contribution in [2.45, 2.75) is 32.6 Å². The number of carbonyl (C=O) groups is 1. The number of piperidine rings is 1. The molecule has 0 aliphatic carbocycles. The Labute approximate surface area is 74.5 Å². The number of carbonyl (C=O) groups excluding carboxylic acids is 1. The van der Waals surface area contributed by atoms with Gasteiger partial charge in [-0.25, -0.2) is 0 Å². The van der Waals surface area contributed by atoms with Gasteiger partial charge in [0.05, 0.1) is 7.11 Å². The highest BCUT2D eigenvalue weighted by molar-refractivity contribution is 5.68. The molecule has 0 aromatic heterocycles. The van der Waals surface area contributed by atoms with Crippen molar-refractivity contribution in [3.63, 3.8) is 0 Å². The van der Waals surface area contributed by atoms with Crippen LogP contribution in [-0.2, 0) is 9.53 Å². The minimum Gasteiger partial charge on any atom is -0.469 e. The van der Waals surface area contributed by atoms with Crippen molar-refractivity contribution < 1.29 is 9.53 Å². The molecule has 72 valence electrons. The van der Waals surface area contributed by atoms with Crippen LogP contribution in [0.3, 0.4) is 0 Å². The van der Waals surface area contributed by atoms with Crippen LogP contribution in [-0.4, -0.2) is 26.2 Å². The van der Waals surface area contributed by atoms with E-state index in [1.54, 1.807) is 6.92 Å². The predicted octanol–water partition coefficient (Wildman–Crippen LogP) is 1.33. The van der Waals surface area contributed by atoms with Crippen molar-refractivity contribution in [3.05, 3.63) is 0 Å². The van der Waals surface area contributed by atoms with Gasteiger partial charge in [0.1, 0.15) is 0 Å². The zero-order valence-corrected chi connectivity index (χ0v) is 8.06. The second kappa shape index (κ2) is 8.53. The summed E-state index contributed by atoms with van der Waals surface area (Å²) in [7, 11) is 1.38. The van der Waals surface area contributed by atoms with Crippen molar-refractivity contribution in [2.75, 3.05) is 20.2 Å². The van der Waals surface area contributed by atoms with Crippen molar-refractivity contribution >= 4 is 5.97 Å². The summed E-state index contributed by atoms with van der Waals surface area (Å²) >= 11 is 0. The molecule has 0 aromatic rings. The highest BCUT2D eigenvalue weighted by Gasteiger charge is 1.93. The van der Waals surface area contributed by atoms with Gasteiger partial charge < -0.3 is 10.1 Å². The van der Waals surface area contributed by atoms with E-state index in [1.165, 1.54) is 39.5 Å². The first kappa shape index (κ1) is 11.4. The third kappa shape index (κ3) is 7.54. The van der Waals surface area contributed by atoms with E-state index in [0.717, 1.165) is 0 Å². The Balaban J connectivity index is 0.000000202. The zero-order chi connectivity index (χ0) is 9.23. The molecule has 0 bridgehead atoms. The summed E-state index contributed by atoms with van der Waals surface area (Å²) in [5, 5.41) is 3.28. The van der Waals surface area contributed by atoms with Gasteiger partial charge in [0.15, 0.2) is 0 Å². The number of esters is 1. The summed E-state index contributed by atoms with van der Waals surface area (Å²) in [6, 6.07) is 0. The molecule has 0 radical (unpaired) electrons. The van der Waals surface area contributed by atoms with Gasteiger partial charge in [-0.15, -0.1) is 0 Å². The van der Waals surface area contributed by atoms with Crippen LogP contribution in [0.5, 0.6) is 0 Å². The minimum absolute atomic E-state index is 0.157. The van der Waals surface area contributed by atoms with Crippen LogP contribution in [0, 0.1) is 0 Å². The molecule has 1 heterocycles. The van der Waals surface area contributed by atoms with E-state index in [9.17, 15) is 4.79 Å². The Hall–Kier alpha value is -0.570. The molecule has 3 nitrogen and oxygen atoms in total. The first-order valence-corrected chi connectivity index (χ1v) is 4.58. The molecule has 0 aromatic carbocycles. The van der Waals surface area contributed by atoms with Gasteiger partial charge in [0, 0.05) is 6.42 Å². The first-order chi connectivity index (χ1) is 5.81. The number of ether oxygens (including phenoxy) is 1. The van der Waals surface area contributed by atoms with E-state index < -0.39 is 0 Å². The maximum Gasteiger partial charge on any atom is 0.305 e. The third-order valence-corrected chi connectivity index (χ3v) is 1.72. The fourth-order valence-corrected chi connectivity index (χ4v) is 0.946. The summed E-state index contributed by atoms with van der Waals surface area (Å²) in [5.41, 5.74) is 0.